The summed E-state index contributed by atoms with van der Waals surface area (Å²) in [4.78, 5) is 4.35. The van der Waals surface area contributed by atoms with Gasteiger partial charge in [-0.15, -0.1) is 0 Å². The van der Waals surface area contributed by atoms with Crippen molar-refractivity contribution in [3.8, 4) is 11.5 Å². The van der Waals surface area contributed by atoms with E-state index in [2.05, 4.69) is 4.98 Å². The van der Waals surface area contributed by atoms with Gasteiger partial charge in [-0.3, -0.25) is 0 Å². The number of aryl methyl sites for hydroxylation is 1. The SMILES string of the molecule is Cc1cc(OCCCCOCCn2c(Cl)nc3ccccc32)c(C)c(C)c1O. The zero-order valence-corrected chi connectivity index (χ0v) is 17.4. The summed E-state index contributed by atoms with van der Waals surface area (Å²) in [5, 5.41) is 10.5. The van der Waals surface area contributed by atoms with Gasteiger partial charge in [-0.2, -0.15) is 0 Å². The molecule has 0 aliphatic heterocycles. The molecule has 0 atom stereocenters. The van der Waals surface area contributed by atoms with E-state index in [-0.39, 0.29) is 0 Å². The lowest BCUT2D eigenvalue weighted by Crippen LogP contribution is -2.08. The number of hydrogen-bond donors (Lipinski definition) is 1. The molecule has 2 aromatic carbocycles. The monoisotopic (exact) mass is 402 g/mol. The fourth-order valence-corrected chi connectivity index (χ4v) is 3.45. The van der Waals surface area contributed by atoms with Crippen LogP contribution in [-0.2, 0) is 11.3 Å². The zero-order chi connectivity index (χ0) is 20.1. The molecule has 150 valence electrons. The third-order valence-corrected chi connectivity index (χ3v) is 5.30. The van der Waals surface area contributed by atoms with Crippen molar-refractivity contribution in [2.45, 2.75) is 40.2 Å². The van der Waals surface area contributed by atoms with Crippen molar-refractivity contribution < 1.29 is 14.6 Å². The fourth-order valence-electron chi connectivity index (χ4n) is 3.19. The molecule has 0 bridgehead atoms. The molecule has 0 spiro atoms. The molecule has 6 heteroatoms. The van der Waals surface area contributed by atoms with Crippen molar-refractivity contribution in [2.75, 3.05) is 19.8 Å². The number of rotatable bonds is 9. The predicted molar refractivity (Wildman–Crippen MR) is 113 cm³/mol. The summed E-state index contributed by atoms with van der Waals surface area (Å²) >= 11 is 6.22. The minimum atomic E-state index is 0.351. The molecule has 5 nitrogen and oxygen atoms in total. The van der Waals surface area contributed by atoms with Crippen LogP contribution in [0, 0.1) is 20.8 Å². The van der Waals surface area contributed by atoms with E-state index in [1.54, 1.807) is 0 Å². The quantitative estimate of drug-likeness (QED) is 0.500. The lowest BCUT2D eigenvalue weighted by atomic mass is 10.0. The number of imidazole rings is 1. The molecule has 0 aliphatic rings. The molecule has 0 amide bonds. The van der Waals surface area contributed by atoms with Gasteiger partial charge in [-0.1, -0.05) is 12.1 Å². The highest BCUT2D eigenvalue weighted by Gasteiger charge is 2.10. The first-order valence-electron chi connectivity index (χ1n) is 9.60. The second-order valence-electron chi connectivity index (χ2n) is 6.98. The van der Waals surface area contributed by atoms with Crippen LogP contribution in [0.3, 0.4) is 0 Å². The van der Waals surface area contributed by atoms with E-state index in [0.29, 0.717) is 37.4 Å². The predicted octanol–water partition coefficient (Wildman–Crippen LogP) is 5.20. The van der Waals surface area contributed by atoms with Crippen LogP contribution in [0.4, 0.5) is 0 Å². The van der Waals surface area contributed by atoms with Gasteiger partial charge < -0.3 is 19.1 Å². The van der Waals surface area contributed by atoms with E-state index < -0.39 is 0 Å². The summed E-state index contributed by atoms with van der Waals surface area (Å²) in [7, 11) is 0. The van der Waals surface area contributed by atoms with Gasteiger partial charge in [-0.25, -0.2) is 4.98 Å². The summed E-state index contributed by atoms with van der Waals surface area (Å²) in [6.45, 7) is 8.35. The van der Waals surface area contributed by atoms with Crippen LogP contribution in [0.1, 0.15) is 29.5 Å². The lowest BCUT2D eigenvalue weighted by molar-refractivity contribution is 0.119. The van der Waals surface area contributed by atoms with Crippen molar-refractivity contribution in [1.82, 2.24) is 9.55 Å². The Morgan fingerprint density at radius 1 is 1.04 bits per heavy atom. The Labute approximate surface area is 170 Å². The van der Waals surface area contributed by atoms with Gasteiger partial charge in [0.15, 0.2) is 0 Å². The van der Waals surface area contributed by atoms with Crippen LogP contribution < -0.4 is 4.74 Å². The van der Waals surface area contributed by atoms with E-state index in [4.69, 9.17) is 21.1 Å². The van der Waals surface area contributed by atoms with Gasteiger partial charge in [0.2, 0.25) is 5.28 Å². The van der Waals surface area contributed by atoms with Gasteiger partial charge in [0.05, 0.1) is 24.2 Å². The van der Waals surface area contributed by atoms with Gasteiger partial charge in [0, 0.05) is 13.2 Å². The first kappa shape index (κ1) is 20.5. The number of para-hydroxylation sites is 2. The maximum absolute atomic E-state index is 9.96. The number of benzene rings is 2. The molecule has 1 aromatic heterocycles. The minimum Gasteiger partial charge on any atom is -0.507 e. The molecular weight excluding hydrogens is 376 g/mol. The molecule has 0 saturated carbocycles. The van der Waals surface area contributed by atoms with Gasteiger partial charge in [-0.05, 0) is 80.1 Å². The van der Waals surface area contributed by atoms with E-state index in [1.807, 2.05) is 55.7 Å². The Balaban J connectivity index is 1.36. The third kappa shape index (κ3) is 4.59. The summed E-state index contributed by atoms with van der Waals surface area (Å²) in [5.41, 5.74) is 4.64. The Hall–Kier alpha value is -2.24. The van der Waals surface area contributed by atoms with Gasteiger partial charge >= 0.3 is 0 Å². The standard InChI is InChI=1S/C22H27ClN2O3/c1-15-14-20(16(2)17(3)21(15)26)28-12-7-6-11-27-13-10-25-19-9-5-4-8-18(19)24-22(25)23/h4-5,8-9,14,26H,6-7,10-13H2,1-3H3. The topological polar surface area (TPSA) is 56.5 Å². The summed E-state index contributed by atoms with van der Waals surface area (Å²) in [6.07, 6.45) is 1.83. The molecule has 1 heterocycles. The van der Waals surface area contributed by atoms with E-state index in [0.717, 1.165) is 46.3 Å². The number of aromatic nitrogens is 2. The molecule has 3 rings (SSSR count). The molecule has 28 heavy (non-hydrogen) atoms. The van der Waals surface area contributed by atoms with Crippen molar-refractivity contribution in [2.24, 2.45) is 0 Å². The van der Waals surface area contributed by atoms with Crippen molar-refractivity contribution in [3.63, 3.8) is 0 Å². The number of phenolic OH excluding ortho intramolecular Hbond substituents is 1. The number of fused-ring (bicyclic) bond motifs is 1. The molecule has 1 N–H and O–H groups in total. The molecule has 0 saturated heterocycles. The highest BCUT2D eigenvalue weighted by atomic mass is 35.5. The summed E-state index contributed by atoms with van der Waals surface area (Å²) < 4.78 is 13.6. The maximum Gasteiger partial charge on any atom is 0.203 e. The second kappa shape index (κ2) is 9.30. The zero-order valence-electron chi connectivity index (χ0n) is 16.7. The van der Waals surface area contributed by atoms with Crippen molar-refractivity contribution >= 4 is 22.6 Å². The van der Waals surface area contributed by atoms with Gasteiger partial charge in [0.25, 0.3) is 0 Å². The molecular formula is C22H27ClN2O3. The molecule has 0 aliphatic carbocycles. The highest BCUT2D eigenvalue weighted by molar-refractivity contribution is 6.29. The van der Waals surface area contributed by atoms with Crippen LogP contribution in [-0.4, -0.2) is 34.5 Å². The number of ether oxygens (including phenoxy) is 2. The number of unbranched alkanes of at least 4 members (excludes halogenated alkanes) is 1. The fraction of sp³-hybridized carbons (Fsp3) is 0.409. The van der Waals surface area contributed by atoms with Crippen LogP contribution >= 0.6 is 11.6 Å². The van der Waals surface area contributed by atoms with Crippen LogP contribution in [0.25, 0.3) is 11.0 Å². The van der Waals surface area contributed by atoms with Crippen molar-refractivity contribution in [1.29, 1.82) is 0 Å². The lowest BCUT2D eigenvalue weighted by Gasteiger charge is -2.14. The van der Waals surface area contributed by atoms with Gasteiger partial charge in [0.1, 0.15) is 11.5 Å². The van der Waals surface area contributed by atoms with E-state index >= 15 is 0 Å². The first-order chi connectivity index (χ1) is 13.5. The number of halogens is 1. The smallest absolute Gasteiger partial charge is 0.203 e. The van der Waals surface area contributed by atoms with Crippen molar-refractivity contribution in [3.05, 3.63) is 52.3 Å². The number of aromatic hydroxyl groups is 1. The largest absolute Gasteiger partial charge is 0.507 e. The molecule has 0 unspecified atom stereocenters. The summed E-state index contributed by atoms with van der Waals surface area (Å²) in [5.74, 6) is 1.19. The normalized spacial score (nSPS) is 11.3. The Morgan fingerprint density at radius 3 is 2.61 bits per heavy atom. The molecule has 3 aromatic rings. The Bertz CT molecular complexity index is 953. The average molecular weight is 403 g/mol. The second-order valence-corrected chi connectivity index (χ2v) is 7.32. The van der Waals surface area contributed by atoms with E-state index in [9.17, 15) is 5.11 Å². The van der Waals surface area contributed by atoms with Crippen LogP contribution in [0.5, 0.6) is 11.5 Å². The average Bonchev–Trinajstić information content (AvgIpc) is 3.01. The summed E-state index contributed by atoms with van der Waals surface area (Å²) in [6, 6.07) is 9.80. The Kier molecular flexibility index (Phi) is 6.81. The minimum absolute atomic E-state index is 0.351. The first-order valence-corrected chi connectivity index (χ1v) is 9.98. The number of nitrogens with zero attached hydrogens (tertiary/aromatic N) is 2. The highest BCUT2D eigenvalue weighted by Crippen LogP contribution is 2.32. The van der Waals surface area contributed by atoms with Crippen LogP contribution in [0.2, 0.25) is 5.28 Å². The molecule has 0 radical (unpaired) electrons. The molecule has 0 fully saturated rings. The Morgan fingerprint density at radius 2 is 1.79 bits per heavy atom. The maximum atomic E-state index is 9.96. The van der Waals surface area contributed by atoms with Crippen LogP contribution in [0.15, 0.2) is 30.3 Å². The number of hydrogen-bond acceptors (Lipinski definition) is 4. The van der Waals surface area contributed by atoms with E-state index in [1.165, 1.54) is 0 Å². The third-order valence-electron chi connectivity index (χ3n) is 5.02. The number of phenols is 1.